The summed E-state index contributed by atoms with van der Waals surface area (Å²) in [6, 6.07) is 73.7. The Labute approximate surface area is 863 Å². The Balaban J connectivity index is 0.000000182. The summed E-state index contributed by atoms with van der Waals surface area (Å²) in [4.78, 5) is 59.9. The molecule has 0 saturated heterocycles. The smallest absolute Gasteiger partial charge is 0.130 e. The van der Waals surface area contributed by atoms with Crippen molar-refractivity contribution in [1.82, 2.24) is 74.8 Å². The number of aromatic nitrogens is 15. The molecule has 0 unspecified atom stereocenters. The van der Waals surface area contributed by atoms with E-state index in [0.717, 1.165) is 82.5 Å². The molecule has 0 spiro atoms. The number of anilines is 9. The first kappa shape index (κ1) is 112. The van der Waals surface area contributed by atoms with Crippen LogP contribution >= 0.6 is 0 Å². The van der Waals surface area contributed by atoms with Crippen molar-refractivity contribution in [2.45, 2.75) is 26.2 Å². The van der Waals surface area contributed by atoms with Crippen LogP contribution in [0.2, 0.25) is 0 Å². The Bertz CT molecular complexity index is 6430. The Kier molecular flexibility index (Phi) is 41.8. The third-order valence-electron chi connectivity index (χ3n) is 18.1. The summed E-state index contributed by atoms with van der Waals surface area (Å²) in [6.45, 7) is 12.4. The average molecular weight is 2680 g/mol. The molecule has 4 aliphatic heterocycles. The predicted octanol–water partition coefficient (Wildman–Crippen LogP) is 18.6. The first-order valence-electron chi connectivity index (χ1n) is 39.9. The fourth-order valence-corrected chi connectivity index (χ4v) is 11.5. The number of hydrogen-bond donors (Lipinski definition) is 0. The standard InChI is InChI=1S/C14H13F2N2.4C13H8F2N4.C12H10F2N3.C9H4F2N3.C8H3F2N4.4Pt/c1-14(2,3)9-6-7-17-11(8-9)10-4-5-12(15)18-13(10)16;4*14-12-7-6-11(13(15)17-12)19-9-18(8-16-19)10-4-2-1-3-5-10;1-17(2)8-5-6-15-10(7-8)9-3-4-11(13)16-12(9)14;10-7-3-2-6(8(11)14-7)9-12-4-1-5-13-9;9-6-2-1-5(7(10)14-6)8-12-3-11-4-13-8;;;;/h5-8H,1-3H3;4*1-5,7-9H;4-7H,1-2H3;1,3-5H;2-4H;;;;/q-1;4*-2;3*-1;;;;. The molecule has 0 N–H and O–H groups in total. The van der Waals surface area contributed by atoms with Gasteiger partial charge in [0, 0.05) is 152 Å². The van der Waals surface area contributed by atoms with Gasteiger partial charge in [-0.25, -0.2) is 40.1 Å². The molecule has 16 heterocycles. The molecule has 0 bridgehead atoms. The van der Waals surface area contributed by atoms with Gasteiger partial charge in [0.25, 0.3) is 0 Å². The summed E-state index contributed by atoms with van der Waals surface area (Å²) in [5, 5.41) is 21.0. The van der Waals surface area contributed by atoms with Crippen molar-refractivity contribution in [3.8, 4) is 45.3 Å². The number of para-hydroxylation sites is 4. The molecular weight excluding hydrogens is 2620 g/mol. The maximum absolute atomic E-state index is 13.5. The molecule has 4 aliphatic rings. The van der Waals surface area contributed by atoms with Crippen molar-refractivity contribution in [2.75, 3.05) is 58.6 Å². The van der Waals surface area contributed by atoms with Gasteiger partial charge in [-0.2, -0.15) is 44.7 Å². The fourth-order valence-electron chi connectivity index (χ4n) is 11.5. The van der Waals surface area contributed by atoms with E-state index >= 15 is 0 Å². The van der Waals surface area contributed by atoms with E-state index in [-0.39, 0.29) is 146 Å². The predicted molar refractivity (Wildman–Crippen MR) is 480 cm³/mol. The maximum atomic E-state index is 13.5. The number of rotatable bonds is 13. The number of hydrogen-bond acceptors (Lipinski definition) is 28. The number of halogens is 16. The zero-order valence-electron chi connectivity index (χ0n) is 73.5. The van der Waals surface area contributed by atoms with E-state index in [2.05, 4.69) is 164 Å². The van der Waals surface area contributed by atoms with E-state index < -0.39 is 95.2 Å². The van der Waals surface area contributed by atoms with Gasteiger partial charge in [-0.3, -0.25) is 75.0 Å². The van der Waals surface area contributed by atoms with Crippen LogP contribution in [0.3, 0.4) is 0 Å². The van der Waals surface area contributed by atoms with Crippen LogP contribution in [0.15, 0.2) is 258 Å². The van der Waals surface area contributed by atoms with Crippen LogP contribution in [0.25, 0.3) is 45.3 Å². The van der Waals surface area contributed by atoms with Crippen molar-refractivity contribution in [2.24, 2.45) is 20.4 Å². The third-order valence-corrected chi connectivity index (χ3v) is 18.1. The van der Waals surface area contributed by atoms with E-state index in [4.69, 9.17) is 0 Å². The van der Waals surface area contributed by atoms with Gasteiger partial charge in [0.2, 0.25) is 0 Å². The van der Waals surface area contributed by atoms with Crippen LogP contribution in [0, 0.1) is 170 Å². The van der Waals surface area contributed by atoms with Gasteiger partial charge in [-0.05, 0) is 112 Å². The molecule has 143 heavy (non-hydrogen) atoms. The fraction of sp³-hybridized carbons (Fsp3) is 0.0632. The normalized spacial score (nSPS) is 12.2. The van der Waals surface area contributed by atoms with Gasteiger partial charge in [0.15, 0.2) is 0 Å². The quantitative estimate of drug-likeness (QED) is 0.0589. The van der Waals surface area contributed by atoms with Crippen molar-refractivity contribution in [1.29, 1.82) is 0 Å². The second-order valence-corrected chi connectivity index (χ2v) is 28.7. The molecular formula is C95H62F16N28Pt4-12. The summed E-state index contributed by atoms with van der Waals surface area (Å²) in [7, 11) is 3.73. The molecule has 0 amide bonds. The minimum atomic E-state index is -0.990. The molecule has 746 valence electrons. The molecule has 4 aromatic carbocycles. The van der Waals surface area contributed by atoms with Crippen molar-refractivity contribution < 1.29 is 155 Å². The van der Waals surface area contributed by atoms with E-state index in [9.17, 15) is 70.2 Å². The number of hydrazone groups is 4. The van der Waals surface area contributed by atoms with Crippen LogP contribution < -0.4 is 44.5 Å². The second kappa shape index (κ2) is 53.6. The minimum absolute atomic E-state index is 0. The molecule has 12 aromatic heterocycles. The number of benzene rings is 4. The first-order valence-corrected chi connectivity index (χ1v) is 39.9. The number of pyridine rings is 10. The summed E-state index contributed by atoms with van der Waals surface area (Å²) in [5.41, 5.74) is 6.03. The molecule has 28 nitrogen and oxygen atoms in total. The minimum Gasteiger partial charge on any atom is -0.463 e. The zero-order chi connectivity index (χ0) is 98.7. The van der Waals surface area contributed by atoms with Crippen molar-refractivity contribution in [3.05, 3.63) is 414 Å². The second-order valence-electron chi connectivity index (χ2n) is 28.7. The third kappa shape index (κ3) is 31.5. The van der Waals surface area contributed by atoms with Crippen LogP contribution in [-0.4, -0.2) is 114 Å². The average Bonchev–Trinajstić information content (AvgIpc) is 1.51. The Morgan fingerprint density at radius 2 is 0.538 bits per heavy atom. The van der Waals surface area contributed by atoms with E-state index in [1.807, 2.05) is 146 Å². The van der Waals surface area contributed by atoms with Crippen LogP contribution in [0.1, 0.15) is 26.3 Å². The molecule has 20 rings (SSSR count). The SMILES string of the molecule is CC(C)(C)c1ccnc(-c2[c-]cc(F)nc2F)c1.CN(C)c1ccnc(-c2[c-]cc(F)nc2F)c1.Fc1c[c-]c(-c2ncccn2)c(F)n1.Fc1c[c-]c(-c2ncncn2)c(F)n1.Fc1c[c-]c(N2[CH-]N(c3ccccc3)C=N2)c(F)n1.Fc1c[c-]c(N2[CH-]N(c3ccccc3)C=N2)c(F)n1.Fc1c[c-]c(N2[CH-]N(c3ccccc3)C=N2)c(F)n1.Fc1c[c-]c(N2[CH-]N(c3ccccc3)C=N2)c(F)n1.[Pt].[Pt].[Pt].[Pt]. The summed E-state index contributed by atoms with van der Waals surface area (Å²) < 4.78 is 208. The molecule has 0 radical (unpaired) electrons. The van der Waals surface area contributed by atoms with E-state index in [1.165, 1.54) is 70.4 Å². The monoisotopic (exact) mass is 2680 g/mol. The van der Waals surface area contributed by atoms with Crippen molar-refractivity contribution >= 4 is 76.5 Å². The van der Waals surface area contributed by atoms with Gasteiger partial charge in [-0.1, -0.05) is 152 Å². The van der Waals surface area contributed by atoms with Gasteiger partial charge in [0.1, 0.15) is 84.0 Å². The van der Waals surface area contributed by atoms with Gasteiger partial charge in [-0.15, -0.1) is 75.2 Å². The largest absolute Gasteiger partial charge is 0.463 e. The summed E-state index contributed by atoms with van der Waals surface area (Å²) >= 11 is 0. The molecule has 0 saturated carbocycles. The van der Waals surface area contributed by atoms with Crippen LogP contribution in [0.4, 0.5) is 121 Å². The van der Waals surface area contributed by atoms with Gasteiger partial charge in [0.05, 0.1) is 60.8 Å². The molecule has 16 aromatic rings. The topological polar surface area (TPSA) is 272 Å². The van der Waals surface area contributed by atoms with Crippen molar-refractivity contribution in [3.63, 3.8) is 0 Å². The summed E-state index contributed by atoms with van der Waals surface area (Å²) in [5.74, 6) is -14.6. The molecule has 0 atom stereocenters. The van der Waals surface area contributed by atoms with Gasteiger partial charge >= 0.3 is 0 Å². The van der Waals surface area contributed by atoms with Gasteiger partial charge < -0.3 is 74.4 Å². The zero-order valence-corrected chi connectivity index (χ0v) is 82.6. The Morgan fingerprint density at radius 3 is 0.811 bits per heavy atom. The van der Waals surface area contributed by atoms with Crippen LogP contribution in [0.5, 0.6) is 0 Å². The Hall–Kier alpha value is -15.0. The molecule has 48 heteroatoms. The molecule has 0 fully saturated rings. The Morgan fingerprint density at radius 1 is 0.280 bits per heavy atom. The summed E-state index contributed by atoms with van der Waals surface area (Å²) in [6.07, 6.45) is 14.6. The first-order chi connectivity index (χ1) is 66.9. The van der Waals surface area contributed by atoms with Crippen LogP contribution in [-0.2, 0) is 89.7 Å². The van der Waals surface area contributed by atoms with E-state index in [1.54, 1.807) is 82.9 Å². The molecule has 0 aliphatic carbocycles. The maximum Gasteiger partial charge on any atom is 0.130 e. The van der Waals surface area contributed by atoms with E-state index in [0.29, 0.717) is 11.4 Å². The number of nitrogens with zero attached hydrogens (tertiary/aromatic N) is 28.